The van der Waals surface area contributed by atoms with Crippen LogP contribution in [0, 0.1) is 5.41 Å². The molecular weight excluding hydrogens is 212 g/mol. The van der Waals surface area contributed by atoms with Gasteiger partial charge in [-0.05, 0) is 64.2 Å². The highest BCUT2D eigenvalue weighted by atomic mass is 16.5. The number of hydrogen-bond donors (Lipinski definition) is 1. The Morgan fingerprint density at radius 1 is 1.35 bits per heavy atom. The smallest absolute Gasteiger partial charge is 0.0588 e. The van der Waals surface area contributed by atoms with Gasteiger partial charge in [-0.15, -0.1) is 0 Å². The third-order valence-corrected chi connectivity index (χ3v) is 4.41. The summed E-state index contributed by atoms with van der Waals surface area (Å²) in [7, 11) is 2.23. The summed E-state index contributed by atoms with van der Waals surface area (Å²) >= 11 is 0. The fraction of sp³-hybridized carbons (Fsp3) is 1.00. The maximum atomic E-state index is 5.64. The van der Waals surface area contributed by atoms with Crippen LogP contribution in [0.1, 0.15) is 39.0 Å². The van der Waals surface area contributed by atoms with E-state index in [9.17, 15) is 0 Å². The molecule has 17 heavy (non-hydrogen) atoms. The van der Waals surface area contributed by atoms with Crippen molar-refractivity contribution in [3.05, 3.63) is 0 Å². The van der Waals surface area contributed by atoms with Crippen LogP contribution in [0.5, 0.6) is 0 Å². The summed E-state index contributed by atoms with van der Waals surface area (Å²) < 4.78 is 5.64. The largest absolute Gasteiger partial charge is 0.378 e. The lowest BCUT2D eigenvalue weighted by Crippen LogP contribution is -2.42. The molecule has 1 unspecified atom stereocenters. The molecule has 0 aromatic rings. The number of ether oxygens (including phenoxy) is 1. The molecule has 3 heteroatoms. The zero-order chi connectivity index (χ0) is 12.1. The van der Waals surface area contributed by atoms with Crippen molar-refractivity contribution in [1.82, 2.24) is 10.2 Å². The molecule has 0 aliphatic carbocycles. The lowest BCUT2D eigenvalue weighted by molar-refractivity contribution is 0.100. The second kappa shape index (κ2) is 6.17. The van der Waals surface area contributed by atoms with Crippen LogP contribution in [-0.2, 0) is 4.74 Å². The van der Waals surface area contributed by atoms with Crippen LogP contribution in [-0.4, -0.2) is 50.8 Å². The second-order valence-corrected chi connectivity index (χ2v) is 6.21. The minimum absolute atomic E-state index is 0.517. The Balaban J connectivity index is 1.57. The van der Waals surface area contributed by atoms with E-state index in [1.165, 1.54) is 51.7 Å². The maximum Gasteiger partial charge on any atom is 0.0588 e. The third kappa shape index (κ3) is 4.23. The van der Waals surface area contributed by atoms with Crippen LogP contribution < -0.4 is 5.32 Å². The van der Waals surface area contributed by atoms with Gasteiger partial charge in [0.1, 0.15) is 0 Å². The average Bonchev–Trinajstić information content (AvgIpc) is 2.82. The van der Waals surface area contributed by atoms with E-state index >= 15 is 0 Å². The Labute approximate surface area is 106 Å². The van der Waals surface area contributed by atoms with E-state index in [2.05, 4.69) is 24.2 Å². The minimum Gasteiger partial charge on any atom is -0.378 e. The zero-order valence-electron chi connectivity index (χ0n) is 11.5. The fourth-order valence-corrected chi connectivity index (χ4v) is 2.86. The van der Waals surface area contributed by atoms with Crippen molar-refractivity contribution < 1.29 is 4.74 Å². The zero-order valence-corrected chi connectivity index (χ0v) is 11.5. The van der Waals surface area contributed by atoms with Gasteiger partial charge in [-0.3, -0.25) is 0 Å². The highest BCUT2D eigenvalue weighted by molar-refractivity contribution is 4.83. The number of rotatable bonds is 5. The van der Waals surface area contributed by atoms with Gasteiger partial charge in [0.25, 0.3) is 0 Å². The van der Waals surface area contributed by atoms with E-state index in [0.717, 1.165) is 13.2 Å². The Hall–Kier alpha value is -0.120. The van der Waals surface area contributed by atoms with E-state index in [0.29, 0.717) is 11.5 Å². The predicted octanol–water partition coefficient (Wildman–Crippen LogP) is 1.88. The van der Waals surface area contributed by atoms with Crippen LogP contribution >= 0.6 is 0 Å². The van der Waals surface area contributed by atoms with Gasteiger partial charge >= 0.3 is 0 Å². The predicted molar refractivity (Wildman–Crippen MR) is 71.3 cm³/mol. The van der Waals surface area contributed by atoms with Gasteiger partial charge in [0, 0.05) is 13.2 Å². The van der Waals surface area contributed by atoms with Gasteiger partial charge in [0.05, 0.1) is 6.10 Å². The molecule has 0 amide bonds. The van der Waals surface area contributed by atoms with Crippen molar-refractivity contribution >= 4 is 0 Å². The van der Waals surface area contributed by atoms with Gasteiger partial charge in [0.2, 0.25) is 0 Å². The Morgan fingerprint density at radius 2 is 2.12 bits per heavy atom. The standard InChI is InChI=1S/C14H28N2O/c1-14(6-9-16(2)10-7-14)12-15-8-5-13-4-3-11-17-13/h13,15H,3-12H2,1-2H3. The molecule has 100 valence electrons. The summed E-state index contributed by atoms with van der Waals surface area (Å²) in [6.07, 6.45) is 6.91. The van der Waals surface area contributed by atoms with Crippen LogP contribution in [0.15, 0.2) is 0 Å². The summed E-state index contributed by atoms with van der Waals surface area (Å²) in [5, 5.41) is 3.64. The van der Waals surface area contributed by atoms with Crippen LogP contribution in [0.3, 0.4) is 0 Å². The fourth-order valence-electron chi connectivity index (χ4n) is 2.86. The summed E-state index contributed by atoms with van der Waals surface area (Å²) in [6.45, 7) is 8.21. The third-order valence-electron chi connectivity index (χ3n) is 4.41. The average molecular weight is 240 g/mol. The summed E-state index contributed by atoms with van der Waals surface area (Å²) in [5.74, 6) is 0. The van der Waals surface area contributed by atoms with Crippen LogP contribution in [0.2, 0.25) is 0 Å². The van der Waals surface area contributed by atoms with E-state index in [1.54, 1.807) is 0 Å². The van der Waals surface area contributed by atoms with Gasteiger partial charge in [-0.25, -0.2) is 0 Å². The summed E-state index contributed by atoms with van der Waals surface area (Å²) in [6, 6.07) is 0. The molecule has 3 nitrogen and oxygen atoms in total. The molecule has 2 saturated heterocycles. The van der Waals surface area contributed by atoms with Crippen molar-refractivity contribution in [1.29, 1.82) is 0 Å². The monoisotopic (exact) mass is 240 g/mol. The lowest BCUT2D eigenvalue weighted by Gasteiger charge is -2.38. The summed E-state index contributed by atoms with van der Waals surface area (Å²) in [4.78, 5) is 2.44. The number of piperidine rings is 1. The molecule has 0 saturated carbocycles. The molecule has 2 aliphatic rings. The molecule has 1 atom stereocenters. The minimum atomic E-state index is 0.517. The topological polar surface area (TPSA) is 24.5 Å². The van der Waals surface area contributed by atoms with Gasteiger partial charge < -0.3 is 15.0 Å². The molecule has 2 rings (SSSR count). The maximum absolute atomic E-state index is 5.64. The van der Waals surface area contributed by atoms with Crippen molar-refractivity contribution in [2.75, 3.05) is 39.8 Å². The first-order chi connectivity index (χ1) is 8.18. The van der Waals surface area contributed by atoms with E-state index in [1.807, 2.05) is 0 Å². The molecule has 0 aromatic carbocycles. The molecule has 1 N–H and O–H groups in total. The SMILES string of the molecule is CN1CCC(C)(CNCCC2CCCO2)CC1. The van der Waals surface area contributed by atoms with E-state index in [4.69, 9.17) is 4.74 Å². The van der Waals surface area contributed by atoms with Crippen LogP contribution in [0.25, 0.3) is 0 Å². The number of nitrogens with zero attached hydrogens (tertiary/aromatic N) is 1. The molecule has 2 aliphatic heterocycles. The van der Waals surface area contributed by atoms with Gasteiger partial charge in [-0.2, -0.15) is 0 Å². The molecule has 0 radical (unpaired) electrons. The first-order valence-corrected chi connectivity index (χ1v) is 7.19. The molecule has 0 aromatic heterocycles. The molecule has 0 spiro atoms. The first-order valence-electron chi connectivity index (χ1n) is 7.19. The van der Waals surface area contributed by atoms with Crippen molar-refractivity contribution in [2.24, 2.45) is 5.41 Å². The van der Waals surface area contributed by atoms with Crippen molar-refractivity contribution in [2.45, 2.75) is 45.1 Å². The van der Waals surface area contributed by atoms with E-state index in [-0.39, 0.29) is 0 Å². The Bertz CT molecular complexity index is 218. The number of likely N-dealkylation sites (tertiary alicyclic amines) is 1. The van der Waals surface area contributed by atoms with E-state index < -0.39 is 0 Å². The molecule has 2 fully saturated rings. The van der Waals surface area contributed by atoms with Gasteiger partial charge in [0.15, 0.2) is 0 Å². The van der Waals surface area contributed by atoms with Gasteiger partial charge in [-0.1, -0.05) is 6.92 Å². The first kappa shape index (κ1) is 13.3. The summed E-state index contributed by atoms with van der Waals surface area (Å²) in [5.41, 5.74) is 0.517. The number of nitrogens with one attached hydrogen (secondary N) is 1. The Kier molecular flexibility index (Phi) is 4.83. The highest BCUT2D eigenvalue weighted by Crippen LogP contribution is 2.29. The second-order valence-electron chi connectivity index (χ2n) is 6.21. The van der Waals surface area contributed by atoms with Crippen molar-refractivity contribution in [3.63, 3.8) is 0 Å². The quantitative estimate of drug-likeness (QED) is 0.743. The highest BCUT2D eigenvalue weighted by Gasteiger charge is 2.28. The molecular formula is C14H28N2O. The molecule has 0 bridgehead atoms. The van der Waals surface area contributed by atoms with Crippen LogP contribution in [0.4, 0.5) is 0 Å². The lowest BCUT2D eigenvalue weighted by atomic mass is 9.80. The van der Waals surface area contributed by atoms with Crippen molar-refractivity contribution in [3.8, 4) is 0 Å². The normalized spacial score (nSPS) is 29.6. The Morgan fingerprint density at radius 3 is 2.76 bits per heavy atom. The molecule has 2 heterocycles. The number of hydrogen-bond acceptors (Lipinski definition) is 3.